The van der Waals surface area contributed by atoms with Crippen molar-refractivity contribution in [3.05, 3.63) is 35.6 Å². The number of carbonyl (C=O) groups excluding carboxylic acids is 1. The van der Waals surface area contributed by atoms with Crippen molar-refractivity contribution in [2.45, 2.75) is 19.6 Å². The van der Waals surface area contributed by atoms with Crippen molar-refractivity contribution in [2.75, 3.05) is 5.75 Å². The van der Waals surface area contributed by atoms with E-state index in [2.05, 4.69) is 13.8 Å². The predicted octanol–water partition coefficient (Wildman–Crippen LogP) is 2.69. The molecule has 0 aliphatic carbocycles. The summed E-state index contributed by atoms with van der Waals surface area (Å²) in [5.74, 6) is 1.34. The van der Waals surface area contributed by atoms with Gasteiger partial charge in [-0.15, -0.1) is 0 Å². The van der Waals surface area contributed by atoms with Crippen LogP contribution in [0.15, 0.2) is 28.7 Å². The maximum atomic E-state index is 10.7. The Balaban J connectivity index is 2.14. The summed E-state index contributed by atoms with van der Waals surface area (Å²) in [6.45, 7) is 4.39. The fourth-order valence-electron chi connectivity index (χ4n) is 1.70. The molecule has 0 unspecified atom stereocenters. The molecule has 18 heavy (non-hydrogen) atoms. The van der Waals surface area contributed by atoms with Crippen molar-refractivity contribution in [1.29, 1.82) is 0 Å². The molecule has 0 spiro atoms. The van der Waals surface area contributed by atoms with Gasteiger partial charge in [-0.25, -0.2) is 0 Å². The highest BCUT2D eigenvalue weighted by molar-refractivity contribution is 7.98. The summed E-state index contributed by atoms with van der Waals surface area (Å²) in [6.07, 6.45) is 0. The quantitative estimate of drug-likeness (QED) is 0.832. The molecule has 0 amide bonds. The molecule has 96 valence electrons. The van der Waals surface area contributed by atoms with E-state index in [1.54, 1.807) is 0 Å². The van der Waals surface area contributed by atoms with Crippen LogP contribution in [0.1, 0.15) is 30.0 Å². The fourth-order valence-corrected chi connectivity index (χ4v) is 2.70. The van der Waals surface area contributed by atoms with E-state index < -0.39 is 5.97 Å². The van der Waals surface area contributed by atoms with E-state index in [0.29, 0.717) is 11.5 Å². The molecule has 0 saturated carbocycles. The third-order valence-corrected chi connectivity index (χ3v) is 3.94. The van der Waals surface area contributed by atoms with E-state index in [0.717, 1.165) is 16.9 Å². The van der Waals surface area contributed by atoms with Crippen LogP contribution in [-0.4, -0.2) is 11.7 Å². The minimum absolute atomic E-state index is 0.114. The monoisotopic (exact) mass is 263 g/mol. The van der Waals surface area contributed by atoms with E-state index in [4.69, 9.17) is 4.42 Å². The lowest BCUT2D eigenvalue weighted by Gasteiger charge is -2.04. The molecule has 1 aromatic carbocycles. The molecule has 0 atom stereocenters. The second-order valence-corrected chi connectivity index (χ2v) is 5.71. The largest absolute Gasteiger partial charge is 0.542 e. The molecule has 4 heteroatoms. The molecule has 0 radical (unpaired) electrons. The summed E-state index contributed by atoms with van der Waals surface area (Å²) in [5, 5.41) is 11.5. The Morgan fingerprint density at radius 3 is 2.83 bits per heavy atom. The number of benzene rings is 1. The lowest BCUT2D eigenvalue weighted by molar-refractivity contribution is -0.256. The van der Waals surface area contributed by atoms with Crippen LogP contribution in [0.2, 0.25) is 0 Å². The van der Waals surface area contributed by atoms with Crippen molar-refractivity contribution in [2.24, 2.45) is 5.92 Å². The Hall–Kier alpha value is -1.42. The van der Waals surface area contributed by atoms with Gasteiger partial charge in [0.2, 0.25) is 0 Å². The minimum Gasteiger partial charge on any atom is -0.542 e. The average Bonchev–Trinajstić information content (AvgIpc) is 2.71. The minimum atomic E-state index is -1.28. The number of furan rings is 1. The first kappa shape index (κ1) is 13.0. The number of fused-ring (bicyclic) bond motifs is 1. The molecule has 0 aliphatic heterocycles. The first-order chi connectivity index (χ1) is 8.56. The zero-order chi connectivity index (χ0) is 13.1. The van der Waals surface area contributed by atoms with Gasteiger partial charge in [-0.05, 0) is 35.4 Å². The van der Waals surface area contributed by atoms with Crippen LogP contribution in [0.4, 0.5) is 0 Å². The van der Waals surface area contributed by atoms with Crippen molar-refractivity contribution >= 4 is 28.7 Å². The molecule has 0 saturated heterocycles. The Morgan fingerprint density at radius 1 is 1.39 bits per heavy atom. The zero-order valence-corrected chi connectivity index (χ0v) is 11.3. The van der Waals surface area contributed by atoms with Crippen LogP contribution in [-0.2, 0) is 5.75 Å². The number of carboxylic acid groups (broad SMARTS) is 1. The van der Waals surface area contributed by atoms with E-state index in [1.165, 1.54) is 11.6 Å². The summed E-state index contributed by atoms with van der Waals surface area (Å²) in [6, 6.07) is 7.27. The van der Waals surface area contributed by atoms with Crippen molar-refractivity contribution in [1.82, 2.24) is 0 Å². The molecule has 1 aromatic heterocycles. The maximum Gasteiger partial charge on any atom is 0.150 e. The molecule has 2 rings (SSSR count). The Morgan fingerprint density at radius 2 is 2.17 bits per heavy atom. The standard InChI is InChI=1S/C14H16O3S/c1-9(2)7-18-8-10-3-4-12-11(5-10)6-13(17-12)14(15)16/h3-6,9H,7-8H2,1-2H3,(H,15,16)/p-1. The smallest absolute Gasteiger partial charge is 0.150 e. The number of aromatic carboxylic acids is 1. The highest BCUT2D eigenvalue weighted by atomic mass is 32.2. The molecule has 3 nitrogen and oxygen atoms in total. The third-order valence-electron chi connectivity index (χ3n) is 2.50. The van der Waals surface area contributed by atoms with Crippen LogP contribution in [0.5, 0.6) is 0 Å². The van der Waals surface area contributed by atoms with Crippen LogP contribution in [0.3, 0.4) is 0 Å². The van der Waals surface area contributed by atoms with Crippen molar-refractivity contribution in [3.8, 4) is 0 Å². The summed E-state index contributed by atoms with van der Waals surface area (Å²) < 4.78 is 5.16. The van der Waals surface area contributed by atoms with Crippen LogP contribution in [0.25, 0.3) is 11.0 Å². The maximum absolute atomic E-state index is 10.7. The molecule has 1 heterocycles. The first-order valence-electron chi connectivity index (χ1n) is 5.88. The van der Waals surface area contributed by atoms with Gasteiger partial charge in [-0.1, -0.05) is 19.9 Å². The normalized spacial score (nSPS) is 11.3. The molecular weight excluding hydrogens is 248 g/mol. The SMILES string of the molecule is CC(C)CSCc1ccc2oc(C(=O)[O-])cc2c1. The van der Waals surface area contributed by atoms with Gasteiger partial charge >= 0.3 is 0 Å². The Bertz CT molecular complexity index is 557. The Kier molecular flexibility index (Phi) is 3.97. The van der Waals surface area contributed by atoms with Crippen LogP contribution >= 0.6 is 11.8 Å². The van der Waals surface area contributed by atoms with Crippen molar-refractivity contribution in [3.63, 3.8) is 0 Å². The Labute approximate surface area is 110 Å². The van der Waals surface area contributed by atoms with E-state index >= 15 is 0 Å². The van der Waals surface area contributed by atoms with Crippen molar-refractivity contribution < 1.29 is 14.3 Å². The summed E-state index contributed by atoms with van der Waals surface area (Å²) in [5.41, 5.74) is 1.77. The van der Waals surface area contributed by atoms with Gasteiger partial charge in [-0.3, -0.25) is 0 Å². The molecule has 0 aliphatic rings. The average molecular weight is 263 g/mol. The van der Waals surface area contributed by atoms with Gasteiger partial charge in [0.15, 0.2) is 5.76 Å². The van der Waals surface area contributed by atoms with E-state index in [1.807, 2.05) is 30.0 Å². The predicted molar refractivity (Wildman–Crippen MR) is 71.5 cm³/mol. The van der Waals surface area contributed by atoms with Gasteiger partial charge in [0, 0.05) is 11.1 Å². The molecule has 0 N–H and O–H groups in total. The third kappa shape index (κ3) is 3.07. The lowest BCUT2D eigenvalue weighted by atomic mass is 10.2. The summed E-state index contributed by atoms with van der Waals surface area (Å²) in [7, 11) is 0. The van der Waals surface area contributed by atoms with Gasteiger partial charge in [0.25, 0.3) is 0 Å². The van der Waals surface area contributed by atoms with E-state index in [-0.39, 0.29) is 5.76 Å². The number of carboxylic acids is 1. The number of rotatable bonds is 5. The topological polar surface area (TPSA) is 53.3 Å². The lowest BCUT2D eigenvalue weighted by Crippen LogP contribution is -2.21. The summed E-state index contributed by atoms with van der Waals surface area (Å²) >= 11 is 1.88. The molecule has 0 fully saturated rings. The fraction of sp³-hybridized carbons (Fsp3) is 0.357. The number of hydrogen-bond donors (Lipinski definition) is 0. The highest BCUT2D eigenvalue weighted by Crippen LogP contribution is 2.23. The second kappa shape index (κ2) is 5.48. The van der Waals surface area contributed by atoms with Gasteiger partial charge in [0.1, 0.15) is 11.6 Å². The first-order valence-corrected chi connectivity index (χ1v) is 7.03. The van der Waals surface area contributed by atoms with Crippen LogP contribution < -0.4 is 5.11 Å². The summed E-state index contributed by atoms with van der Waals surface area (Å²) in [4.78, 5) is 10.7. The van der Waals surface area contributed by atoms with Gasteiger partial charge in [-0.2, -0.15) is 11.8 Å². The zero-order valence-electron chi connectivity index (χ0n) is 10.4. The van der Waals surface area contributed by atoms with E-state index in [9.17, 15) is 9.90 Å². The van der Waals surface area contributed by atoms with Crippen LogP contribution in [0, 0.1) is 5.92 Å². The molecule has 0 bridgehead atoms. The number of carbonyl (C=O) groups is 1. The second-order valence-electron chi connectivity index (χ2n) is 4.68. The number of thioether (sulfide) groups is 1. The molecule has 2 aromatic rings. The highest BCUT2D eigenvalue weighted by Gasteiger charge is 2.05. The number of hydrogen-bond acceptors (Lipinski definition) is 4. The van der Waals surface area contributed by atoms with Gasteiger partial charge in [0.05, 0.1) is 0 Å². The molecular formula is C14H15O3S-. The van der Waals surface area contributed by atoms with Gasteiger partial charge < -0.3 is 14.3 Å².